The molecule has 0 saturated carbocycles. The number of hydrogen-bond donors (Lipinski definition) is 1. The van der Waals surface area contributed by atoms with E-state index in [1.165, 1.54) is 5.56 Å². The van der Waals surface area contributed by atoms with E-state index < -0.39 is 0 Å². The smallest absolute Gasteiger partial charge is 0.231 e. The molecule has 2 heterocycles. The summed E-state index contributed by atoms with van der Waals surface area (Å²) in [6, 6.07) is 14.3. The van der Waals surface area contributed by atoms with Crippen molar-refractivity contribution < 1.29 is 14.3 Å². The van der Waals surface area contributed by atoms with Crippen LogP contribution in [-0.2, 0) is 11.3 Å². The van der Waals surface area contributed by atoms with Gasteiger partial charge in [0, 0.05) is 36.8 Å². The van der Waals surface area contributed by atoms with Gasteiger partial charge in [0.1, 0.15) is 0 Å². The SMILES string of the molecule is C[C@@H](NCc1cccc2c1OCO2)c1cccc(N2CCCC2=O)c1. The minimum absolute atomic E-state index is 0.163. The molecule has 2 aliphatic rings. The third-order valence-electron chi connectivity index (χ3n) is 4.83. The fraction of sp³-hybridized carbons (Fsp3) is 0.350. The minimum Gasteiger partial charge on any atom is -0.454 e. The van der Waals surface area contributed by atoms with Crippen LogP contribution in [0.2, 0.25) is 0 Å². The van der Waals surface area contributed by atoms with E-state index in [0.29, 0.717) is 13.0 Å². The third kappa shape index (κ3) is 3.20. The molecule has 1 saturated heterocycles. The van der Waals surface area contributed by atoms with Gasteiger partial charge in [-0.2, -0.15) is 0 Å². The van der Waals surface area contributed by atoms with Gasteiger partial charge < -0.3 is 19.7 Å². The fourth-order valence-corrected chi connectivity index (χ4v) is 3.39. The number of hydrogen-bond acceptors (Lipinski definition) is 4. The number of fused-ring (bicyclic) bond motifs is 1. The van der Waals surface area contributed by atoms with Crippen LogP contribution in [0.15, 0.2) is 42.5 Å². The van der Waals surface area contributed by atoms with Crippen molar-refractivity contribution in [3.8, 4) is 11.5 Å². The van der Waals surface area contributed by atoms with E-state index in [0.717, 1.165) is 35.7 Å². The van der Waals surface area contributed by atoms with Gasteiger partial charge in [-0.05, 0) is 37.1 Å². The Balaban J connectivity index is 1.46. The number of para-hydroxylation sites is 1. The van der Waals surface area contributed by atoms with Crippen LogP contribution in [0.3, 0.4) is 0 Å². The highest BCUT2D eigenvalue weighted by Gasteiger charge is 2.22. The van der Waals surface area contributed by atoms with Crippen LogP contribution in [0, 0.1) is 0 Å². The van der Waals surface area contributed by atoms with Gasteiger partial charge in [0.15, 0.2) is 11.5 Å². The lowest BCUT2D eigenvalue weighted by Crippen LogP contribution is -2.24. The molecular weight excluding hydrogens is 316 g/mol. The lowest BCUT2D eigenvalue weighted by Gasteiger charge is -2.20. The number of carbonyl (C=O) groups is 1. The normalized spacial score (nSPS) is 17.2. The predicted octanol–water partition coefficient (Wildman–Crippen LogP) is 3.39. The molecule has 0 spiro atoms. The highest BCUT2D eigenvalue weighted by Crippen LogP contribution is 2.35. The van der Waals surface area contributed by atoms with Gasteiger partial charge in [0.25, 0.3) is 0 Å². The van der Waals surface area contributed by atoms with Gasteiger partial charge in [0.2, 0.25) is 12.7 Å². The number of carbonyl (C=O) groups excluding carboxylic acids is 1. The van der Waals surface area contributed by atoms with E-state index in [4.69, 9.17) is 9.47 Å². The molecule has 1 atom stereocenters. The molecule has 0 aromatic heterocycles. The Labute approximate surface area is 147 Å². The van der Waals surface area contributed by atoms with Crippen molar-refractivity contribution in [2.24, 2.45) is 0 Å². The summed E-state index contributed by atoms with van der Waals surface area (Å²) in [7, 11) is 0. The van der Waals surface area contributed by atoms with Crippen molar-refractivity contribution in [1.29, 1.82) is 0 Å². The van der Waals surface area contributed by atoms with Crippen LogP contribution >= 0.6 is 0 Å². The largest absolute Gasteiger partial charge is 0.454 e. The summed E-state index contributed by atoms with van der Waals surface area (Å²) in [6.45, 7) is 3.93. The van der Waals surface area contributed by atoms with Crippen LogP contribution in [0.25, 0.3) is 0 Å². The third-order valence-corrected chi connectivity index (χ3v) is 4.83. The van der Waals surface area contributed by atoms with Crippen LogP contribution in [0.1, 0.15) is 36.9 Å². The summed E-state index contributed by atoms with van der Waals surface area (Å²) in [5, 5.41) is 3.53. The maximum absolute atomic E-state index is 12.0. The maximum atomic E-state index is 12.0. The van der Waals surface area contributed by atoms with Gasteiger partial charge in [-0.1, -0.05) is 24.3 Å². The predicted molar refractivity (Wildman–Crippen MR) is 95.8 cm³/mol. The summed E-state index contributed by atoms with van der Waals surface area (Å²) in [5.74, 6) is 1.86. The van der Waals surface area contributed by atoms with Crippen molar-refractivity contribution in [2.45, 2.75) is 32.4 Å². The first-order valence-electron chi connectivity index (χ1n) is 8.73. The number of amides is 1. The second-order valence-corrected chi connectivity index (χ2v) is 6.50. The number of ether oxygens (including phenoxy) is 2. The summed E-state index contributed by atoms with van der Waals surface area (Å²) in [5.41, 5.74) is 3.25. The molecule has 1 amide bonds. The summed E-state index contributed by atoms with van der Waals surface area (Å²) >= 11 is 0. The maximum Gasteiger partial charge on any atom is 0.231 e. The first kappa shape index (κ1) is 16.0. The lowest BCUT2D eigenvalue weighted by atomic mass is 10.1. The Morgan fingerprint density at radius 1 is 1.20 bits per heavy atom. The summed E-state index contributed by atoms with van der Waals surface area (Å²) < 4.78 is 11.0. The van der Waals surface area contributed by atoms with Crippen LogP contribution in [0.5, 0.6) is 11.5 Å². The zero-order chi connectivity index (χ0) is 17.2. The first-order valence-corrected chi connectivity index (χ1v) is 8.73. The first-order chi connectivity index (χ1) is 12.2. The fourth-order valence-electron chi connectivity index (χ4n) is 3.39. The Morgan fingerprint density at radius 2 is 2.08 bits per heavy atom. The standard InChI is InChI=1S/C20H22N2O3/c1-14(21-12-16-6-3-8-18-20(16)25-13-24-18)15-5-2-7-17(11-15)22-10-4-9-19(22)23/h2-3,5-8,11,14,21H,4,9-10,12-13H2,1H3/t14-/m1/s1. The van der Waals surface area contributed by atoms with Crippen molar-refractivity contribution >= 4 is 11.6 Å². The molecule has 0 radical (unpaired) electrons. The molecule has 5 heteroatoms. The monoisotopic (exact) mass is 338 g/mol. The van der Waals surface area contributed by atoms with E-state index >= 15 is 0 Å². The van der Waals surface area contributed by atoms with Crippen LogP contribution in [0.4, 0.5) is 5.69 Å². The van der Waals surface area contributed by atoms with Crippen LogP contribution < -0.4 is 19.7 Å². The van der Waals surface area contributed by atoms with Gasteiger partial charge in [-0.15, -0.1) is 0 Å². The number of nitrogens with one attached hydrogen (secondary N) is 1. The molecule has 2 aliphatic heterocycles. The Bertz CT molecular complexity index is 790. The number of nitrogens with zero attached hydrogens (tertiary/aromatic N) is 1. The number of rotatable bonds is 5. The van der Waals surface area contributed by atoms with Crippen molar-refractivity contribution in [1.82, 2.24) is 5.32 Å². The zero-order valence-corrected chi connectivity index (χ0v) is 14.3. The van der Waals surface area contributed by atoms with Gasteiger partial charge in [-0.25, -0.2) is 0 Å². The molecule has 0 bridgehead atoms. The summed E-state index contributed by atoms with van der Waals surface area (Å²) in [4.78, 5) is 13.8. The second-order valence-electron chi connectivity index (χ2n) is 6.50. The molecule has 0 aliphatic carbocycles. The highest BCUT2D eigenvalue weighted by molar-refractivity contribution is 5.95. The van der Waals surface area contributed by atoms with Gasteiger partial charge in [-0.3, -0.25) is 4.79 Å². The van der Waals surface area contributed by atoms with Gasteiger partial charge >= 0.3 is 0 Å². The number of benzene rings is 2. The van der Waals surface area contributed by atoms with Gasteiger partial charge in [0.05, 0.1) is 0 Å². The van der Waals surface area contributed by atoms with E-state index in [2.05, 4.69) is 24.4 Å². The van der Waals surface area contributed by atoms with E-state index in [-0.39, 0.29) is 18.7 Å². The van der Waals surface area contributed by atoms with Crippen molar-refractivity contribution in [3.63, 3.8) is 0 Å². The van der Waals surface area contributed by atoms with E-state index in [9.17, 15) is 4.79 Å². The minimum atomic E-state index is 0.163. The molecule has 1 fully saturated rings. The summed E-state index contributed by atoms with van der Waals surface area (Å²) in [6.07, 6.45) is 1.59. The van der Waals surface area contributed by atoms with Crippen molar-refractivity contribution in [3.05, 3.63) is 53.6 Å². The Hall–Kier alpha value is -2.53. The van der Waals surface area contributed by atoms with E-state index in [1.54, 1.807) is 0 Å². The quantitative estimate of drug-likeness (QED) is 0.908. The average Bonchev–Trinajstić information content (AvgIpc) is 3.28. The Kier molecular flexibility index (Phi) is 4.32. The van der Waals surface area contributed by atoms with Crippen LogP contribution in [-0.4, -0.2) is 19.2 Å². The molecule has 2 aromatic carbocycles. The Morgan fingerprint density at radius 3 is 2.92 bits per heavy atom. The highest BCUT2D eigenvalue weighted by atomic mass is 16.7. The molecular formula is C20H22N2O3. The van der Waals surface area contributed by atoms with E-state index in [1.807, 2.05) is 35.2 Å². The number of anilines is 1. The molecule has 0 unspecified atom stereocenters. The molecule has 25 heavy (non-hydrogen) atoms. The molecule has 130 valence electrons. The zero-order valence-electron chi connectivity index (χ0n) is 14.3. The average molecular weight is 338 g/mol. The second kappa shape index (κ2) is 6.76. The molecule has 5 nitrogen and oxygen atoms in total. The molecule has 4 rings (SSSR count). The topological polar surface area (TPSA) is 50.8 Å². The lowest BCUT2D eigenvalue weighted by molar-refractivity contribution is -0.117. The molecule has 1 N–H and O–H groups in total. The van der Waals surface area contributed by atoms with Crippen molar-refractivity contribution in [2.75, 3.05) is 18.2 Å². The molecule has 2 aromatic rings.